The summed E-state index contributed by atoms with van der Waals surface area (Å²) in [5.41, 5.74) is 0. The lowest BCUT2D eigenvalue weighted by atomic mass is 10.0. The normalized spacial score (nSPS) is 13.9. The zero-order valence-electron chi connectivity index (χ0n) is 13.9. The lowest BCUT2D eigenvalue weighted by Crippen LogP contribution is -2.14. The van der Waals surface area contributed by atoms with Crippen LogP contribution in [0.4, 0.5) is 0 Å². The van der Waals surface area contributed by atoms with E-state index < -0.39 is 6.10 Å². The summed E-state index contributed by atoms with van der Waals surface area (Å²) in [6.07, 6.45) is 11.8. The fourth-order valence-electron chi connectivity index (χ4n) is 2.43. The summed E-state index contributed by atoms with van der Waals surface area (Å²) in [6, 6.07) is 0. The molecule has 0 aliphatic heterocycles. The zero-order chi connectivity index (χ0) is 15.9. The van der Waals surface area contributed by atoms with E-state index in [2.05, 4.69) is 4.74 Å². The number of carbonyl (C=O) groups is 1. The van der Waals surface area contributed by atoms with E-state index in [0.717, 1.165) is 25.7 Å². The van der Waals surface area contributed by atoms with Gasteiger partial charge >= 0.3 is 5.97 Å². The van der Waals surface area contributed by atoms with Crippen molar-refractivity contribution in [1.82, 2.24) is 0 Å². The Labute approximate surface area is 129 Å². The molecule has 0 aromatic carbocycles. The summed E-state index contributed by atoms with van der Waals surface area (Å²) in [6.45, 7) is 1.85. The number of hydrogen-bond acceptors (Lipinski definition) is 4. The van der Waals surface area contributed by atoms with Crippen molar-refractivity contribution in [3.8, 4) is 0 Å². The van der Waals surface area contributed by atoms with Crippen LogP contribution in [0.25, 0.3) is 0 Å². The number of carbonyl (C=O) groups excluding carboxylic acids is 1. The number of aliphatic hydroxyl groups is 2. The van der Waals surface area contributed by atoms with Crippen LogP contribution < -0.4 is 0 Å². The van der Waals surface area contributed by atoms with Crippen molar-refractivity contribution in [2.45, 2.75) is 96.2 Å². The van der Waals surface area contributed by atoms with Gasteiger partial charge in [0.2, 0.25) is 0 Å². The monoisotopic (exact) mass is 302 g/mol. The Morgan fingerprint density at radius 3 is 1.71 bits per heavy atom. The molecule has 0 bridgehead atoms. The summed E-state index contributed by atoms with van der Waals surface area (Å²) >= 11 is 0. The largest absolute Gasteiger partial charge is 0.469 e. The van der Waals surface area contributed by atoms with Gasteiger partial charge in [0.15, 0.2) is 0 Å². The predicted octanol–water partition coefficient (Wildman–Crippen LogP) is 3.58. The molecule has 4 heteroatoms. The van der Waals surface area contributed by atoms with E-state index >= 15 is 0 Å². The SMILES string of the molecule is COC(=O)CC(O)CCCCCCCCCCCC(C)O. The van der Waals surface area contributed by atoms with Crippen LogP contribution in [0, 0.1) is 0 Å². The minimum Gasteiger partial charge on any atom is -0.469 e. The molecule has 4 nitrogen and oxygen atoms in total. The van der Waals surface area contributed by atoms with E-state index in [1.807, 2.05) is 6.92 Å². The quantitative estimate of drug-likeness (QED) is 0.380. The van der Waals surface area contributed by atoms with Gasteiger partial charge in [0.05, 0.1) is 25.7 Å². The van der Waals surface area contributed by atoms with Gasteiger partial charge < -0.3 is 14.9 Å². The third-order valence-corrected chi connectivity index (χ3v) is 3.79. The second-order valence-electron chi connectivity index (χ2n) is 6.04. The van der Waals surface area contributed by atoms with Crippen molar-refractivity contribution in [2.24, 2.45) is 0 Å². The molecule has 0 spiro atoms. The van der Waals surface area contributed by atoms with Crippen molar-refractivity contribution in [1.29, 1.82) is 0 Å². The van der Waals surface area contributed by atoms with E-state index in [9.17, 15) is 9.90 Å². The van der Waals surface area contributed by atoms with E-state index in [-0.39, 0.29) is 18.5 Å². The van der Waals surface area contributed by atoms with Gasteiger partial charge in [-0.2, -0.15) is 0 Å². The molecule has 126 valence electrons. The fourth-order valence-corrected chi connectivity index (χ4v) is 2.43. The average molecular weight is 302 g/mol. The first kappa shape index (κ1) is 20.4. The van der Waals surface area contributed by atoms with Gasteiger partial charge in [-0.3, -0.25) is 4.79 Å². The first-order chi connectivity index (χ1) is 10.1. The molecule has 0 aliphatic carbocycles. The van der Waals surface area contributed by atoms with Gasteiger partial charge in [0.25, 0.3) is 0 Å². The number of aliphatic hydroxyl groups excluding tert-OH is 2. The van der Waals surface area contributed by atoms with Crippen LogP contribution in [0.1, 0.15) is 84.0 Å². The summed E-state index contributed by atoms with van der Waals surface area (Å²) in [7, 11) is 1.35. The van der Waals surface area contributed by atoms with Crippen molar-refractivity contribution in [2.75, 3.05) is 7.11 Å². The van der Waals surface area contributed by atoms with Crippen LogP contribution >= 0.6 is 0 Å². The summed E-state index contributed by atoms with van der Waals surface area (Å²) < 4.78 is 4.52. The second kappa shape index (κ2) is 14.3. The molecular formula is C17H34O4. The highest BCUT2D eigenvalue weighted by atomic mass is 16.5. The summed E-state index contributed by atoms with van der Waals surface area (Å²) in [5.74, 6) is -0.335. The van der Waals surface area contributed by atoms with Crippen molar-refractivity contribution in [3.05, 3.63) is 0 Å². The molecular weight excluding hydrogens is 268 g/mol. The smallest absolute Gasteiger partial charge is 0.308 e. The maximum absolute atomic E-state index is 10.9. The van der Waals surface area contributed by atoms with Gasteiger partial charge in [-0.1, -0.05) is 57.8 Å². The molecule has 2 atom stereocenters. The molecule has 21 heavy (non-hydrogen) atoms. The first-order valence-electron chi connectivity index (χ1n) is 8.49. The summed E-state index contributed by atoms with van der Waals surface area (Å²) in [4.78, 5) is 10.9. The van der Waals surface area contributed by atoms with Gasteiger partial charge in [-0.25, -0.2) is 0 Å². The van der Waals surface area contributed by atoms with E-state index in [0.29, 0.717) is 6.42 Å². The first-order valence-corrected chi connectivity index (χ1v) is 8.49. The summed E-state index contributed by atoms with van der Waals surface area (Å²) in [5, 5.41) is 18.7. The van der Waals surface area contributed by atoms with Crippen molar-refractivity contribution >= 4 is 5.97 Å². The zero-order valence-corrected chi connectivity index (χ0v) is 13.9. The number of unbranched alkanes of at least 4 members (excludes halogenated alkanes) is 8. The lowest BCUT2D eigenvalue weighted by molar-refractivity contribution is -0.142. The van der Waals surface area contributed by atoms with Gasteiger partial charge in [-0.05, 0) is 19.8 Å². The van der Waals surface area contributed by atoms with Gasteiger partial charge in [0, 0.05) is 0 Å². The Kier molecular flexibility index (Phi) is 13.9. The number of ether oxygens (including phenoxy) is 1. The van der Waals surface area contributed by atoms with E-state index in [1.54, 1.807) is 0 Å². The van der Waals surface area contributed by atoms with Gasteiger partial charge in [-0.15, -0.1) is 0 Å². The molecule has 0 aromatic rings. The maximum Gasteiger partial charge on any atom is 0.308 e. The second-order valence-corrected chi connectivity index (χ2v) is 6.04. The minimum absolute atomic E-state index is 0.114. The van der Waals surface area contributed by atoms with Crippen LogP contribution in [0.5, 0.6) is 0 Å². The minimum atomic E-state index is -0.550. The van der Waals surface area contributed by atoms with E-state index in [1.165, 1.54) is 45.6 Å². The molecule has 2 N–H and O–H groups in total. The average Bonchev–Trinajstić information content (AvgIpc) is 2.44. The highest BCUT2D eigenvalue weighted by Gasteiger charge is 2.10. The predicted molar refractivity (Wildman–Crippen MR) is 85.1 cm³/mol. The molecule has 2 unspecified atom stereocenters. The Hall–Kier alpha value is -0.610. The lowest BCUT2D eigenvalue weighted by Gasteiger charge is -2.08. The molecule has 0 saturated heterocycles. The number of hydrogen-bond donors (Lipinski definition) is 2. The molecule has 0 rings (SSSR count). The number of esters is 1. The highest BCUT2D eigenvalue weighted by Crippen LogP contribution is 2.13. The topological polar surface area (TPSA) is 66.8 Å². The van der Waals surface area contributed by atoms with Crippen LogP contribution in [-0.2, 0) is 9.53 Å². The third-order valence-electron chi connectivity index (χ3n) is 3.79. The van der Waals surface area contributed by atoms with Crippen LogP contribution in [-0.4, -0.2) is 35.5 Å². The van der Waals surface area contributed by atoms with Crippen molar-refractivity contribution < 1.29 is 19.7 Å². The molecule has 0 radical (unpaired) electrons. The fraction of sp³-hybridized carbons (Fsp3) is 0.941. The highest BCUT2D eigenvalue weighted by molar-refractivity contribution is 5.69. The molecule has 0 saturated carbocycles. The van der Waals surface area contributed by atoms with Crippen LogP contribution in [0.3, 0.4) is 0 Å². The molecule has 0 aromatic heterocycles. The Balaban J connectivity index is 3.17. The molecule has 0 amide bonds. The van der Waals surface area contributed by atoms with E-state index in [4.69, 9.17) is 5.11 Å². The number of rotatable bonds is 14. The van der Waals surface area contributed by atoms with Crippen LogP contribution in [0.15, 0.2) is 0 Å². The maximum atomic E-state index is 10.9. The molecule has 0 heterocycles. The molecule has 0 fully saturated rings. The van der Waals surface area contributed by atoms with Crippen LogP contribution in [0.2, 0.25) is 0 Å². The Morgan fingerprint density at radius 1 is 0.857 bits per heavy atom. The number of methoxy groups -OCH3 is 1. The standard InChI is InChI=1S/C17H34O4/c1-15(18)12-10-8-6-4-3-5-7-9-11-13-16(19)14-17(20)21-2/h15-16,18-19H,3-14H2,1-2H3. The molecule has 0 aliphatic rings. The third kappa shape index (κ3) is 15.6. The Morgan fingerprint density at radius 2 is 1.29 bits per heavy atom. The Bertz CT molecular complexity index is 241. The van der Waals surface area contributed by atoms with Gasteiger partial charge in [0.1, 0.15) is 0 Å². The van der Waals surface area contributed by atoms with Crippen molar-refractivity contribution in [3.63, 3.8) is 0 Å².